The number of rotatable bonds is 5. The summed E-state index contributed by atoms with van der Waals surface area (Å²) >= 11 is 0. The number of alkyl carbamates (subject to hydrolysis) is 1. The second-order valence-corrected chi connectivity index (χ2v) is 10.1. The predicted octanol–water partition coefficient (Wildman–Crippen LogP) is 4.41. The third-order valence-corrected chi connectivity index (χ3v) is 7.96. The van der Waals surface area contributed by atoms with Crippen molar-refractivity contribution in [2.24, 2.45) is 11.8 Å². The smallest absolute Gasteiger partial charge is 0.407 e. The molecule has 1 aliphatic heterocycles. The van der Waals surface area contributed by atoms with Crippen molar-refractivity contribution in [3.8, 4) is 11.1 Å². The van der Waals surface area contributed by atoms with E-state index in [0.717, 1.165) is 0 Å². The van der Waals surface area contributed by atoms with Crippen LogP contribution < -0.4 is 5.32 Å². The molecule has 2 N–H and O–H groups in total. The Balaban J connectivity index is 1.15. The van der Waals surface area contributed by atoms with Crippen LogP contribution in [0.5, 0.6) is 0 Å². The Bertz CT molecular complexity index is 1090. The zero-order chi connectivity index (χ0) is 24.5. The fourth-order valence-electron chi connectivity index (χ4n) is 5.99. The van der Waals surface area contributed by atoms with E-state index in [2.05, 4.69) is 29.6 Å². The molecule has 1 saturated carbocycles. The van der Waals surface area contributed by atoms with Gasteiger partial charge in [0.15, 0.2) is 0 Å². The monoisotopic (exact) mass is 476 g/mol. The molecule has 7 heteroatoms. The van der Waals surface area contributed by atoms with E-state index in [-0.39, 0.29) is 43.0 Å². The molecule has 7 nitrogen and oxygen atoms in total. The van der Waals surface area contributed by atoms with Crippen LogP contribution in [0.4, 0.5) is 4.79 Å². The summed E-state index contributed by atoms with van der Waals surface area (Å²) in [6, 6.07) is 16.4. The average Bonchev–Trinajstić information content (AvgIpc) is 3.45. The number of fused-ring (bicyclic) bond motifs is 3. The van der Waals surface area contributed by atoms with Gasteiger partial charge in [-0.15, -0.1) is 0 Å². The van der Waals surface area contributed by atoms with Gasteiger partial charge in [-0.05, 0) is 61.3 Å². The fraction of sp³-hybridized carbons (Fsp3) is 0.464. The Kier molecular flexibility index (Phi) is 6.50. The lowest BCUT2D eigenvalue weighted by atomic mass is 9.92. The molecular formula is C28H32N2O5. The maximum absolute atomic E-state index is 13.1. The lowest BCUT2D eigenvalue weighted by Crippen LogP contribution is -2.49. The number of hydrogen-bond donors (Lipinski definition) is 2. The van der Waals surface area contributed by atoms with E-state index in [1.54, 1.807) is 4.90 Å². The van der Waals surface area contributed by atoms with E-state index < -0.39 is 18.0 Å². The number of nitrogens with one attached hydrogen (secondary N) is 1. The van der Waals surface area contributed by atoms with Gasteiger partial charge in [-0.3, -0.25) is 9.59 Å². The molecule has 1 heterocycles. The van der Waals surface area contributed by atoms with Crippen LogP contribution in [0.15, 0.2) is 48.5 Å². The summed E-state index contributed by atoms with van der Waals surface area (Å²) in [5.74, 6) is -1.50. The number of carbonyl (C=O) groups excluding carboxylic acids is 2. The maximum Gasteiger partial charge on any atom is 0.407 e. The minimum atomic E-state index is -0.837. The van der Waals surface area contributed by atoms with Crippen molar-refractivity contribution in [1.82, 2.24) is 10.2 Å². The molecule has 2 aromatic rings. The number of aliphatic carboxylic acids is 1. The topological polar surface area (TPSA) is 95.9 Å². The van der Waals surface area contributed by atoms with Crippen molar-refractivity contribution >= 4 is 18.0 Å². The van der Waals surface area contributed by atoms with E-state index in [4.69, 9.17) is 4.74 Å². The molecule has 4 atom stereocenters. The van der Waals surface area contributed by atoms with Gasteiger partial charge in [-0.2, -0.15) is 0 Å². The van der Waals surface area contributed by atoms with Crippen LogP contribution in [0, 0.1) is 11.8 Å². The Hall–Kier alpha value is -3.35. The highest BCUT2D eigenvalue weighted by Crippen LogP contribution is 2.44. The summed E-state index contributed by atoms with van der Waals surface area (Å²) in [5, 5.41) is 12.3. The molecule has 2 aromatic carbocycles. The van der Waals surface area contributed by atoms with Crippen LogP contribution in [0.25, 0.3) is 11.1 Å². The Morgan fingerprint density at radius 3 is 2.23 bits per heavy atom. The van der Waals surface area contributed by atoms with Crippen molar-refractivity contribution < 1.29 is 24.2 Å². The molecule has 2 aliphatic carbocycles. The first-order chi connectivity index (χ1) is 16.9. The zero-order valence-corrected chi connectivity index (χ0v) is 20.0. The van der Waals surface area contributed by atoms with Crippen LogP contribution in [0.1, 0.15) is 56.1 Å². The minimum absolute atomic E-state index is 0.00817. The molecule has 0 radical (unpaired) electrons. The van der Waals surface area contributed by atoms with E-state index in [1.165, 1.54) is 22.3 Å². The number of carbonyl (C=O) groups is 3. The number of piperidine rings is 1. The number of carboxylic acids is 1. The standard InChI is InChI=1S/C28H32N2O5/c1-17-10-11-19(27(32)33)15-30(17)26(31)18-12-13-20(14-18)29-28(34)35-16-25-23-8-4-2-6-21(23)22-7-3-5-9-24(22)25/h2-9,17-20,25H,10-16H2,1H3,(H,29,34)(H,32,33). The average molecular weight is 477 g/mol. The summed E-state index contributed by atoms with van der Waals surface area (Å²) in [6.07, 6.45) is 2.82. The number of amides is 2. The number of benzene rings is 2. The number of carboxylic acid groups (broad SMARTS) is 1. The van der Waals surface area contributed by atoms with E-state index >= 15 is 0 Å². The van der Waals surface area contributed by atoms with Crippen molar-refractivity contribution in [1.29, 1.82) is 0 Å². The number of likely N-dealkylation sites (tertiary alicyclic amines) is 1. The second kappa shape index (κ2) is 9.72. The first kappa shape index (κ1) is 23.4. The first-order valence-corrected chi connectivity index (χ1v) is 12.6. The molecular weight excluding hydrogens is 444 g/mol. The van der Waals surface area contributed by atoms with E-state index in [0.29, 0.717) is 32.1 Å². The van der Waals surface area contributed by atoms with Gasteiger partial charge in [-0.25, -0.2) is 4.79 Å². The van der Waals surface area contributed by atoms with Crippen molar-refractivity contribution in [2.75, 3.05) is 13.2 Å². The zero-order valence-electron chi connectivity index (χ0n) is 20.0. The molecule has 2 amide bonds. The normalized spacial score (nSPS) is 25.6. The van der Waals surface area contributed by atoms with Gasteiger partial charge in [0.25, 0.3) is 0 Å². The Morgan fingerprint density at radius 1 is 0.943 bits per heavy atom. The Morgan fingerprint density at radius 2 is 1.57 bits per heavy atom. The second-order valence-electron chi connectivity index (χ2n) is 10.1. The summed E-state index contributed by atoms with van der Waals surface area (Å²) < 4.78 is 5.66. The molecule has 5 rings (SSSR count). The van der Waals surface area contributed by atoms with Crippen LogP contribution in [-0.2, 0) is 14.3 Å². The van der Waals surface area contributed by atoms with Crippen molar-refractivity contribution in [3.05, 3.63) is 59.7 Å². The largest absolute Gasteiger partial charge is 0.481 e. The summed E-state index contributed by atoms with van der Waals surface area (Å²) in [7, 11) is 0. The quantitative estimate of drug-likeness (QED) is 0.667. The number of hydrogen-bond acceptors (Lipinski definition) is 4. The SMILES string of the molecule is CC1CCC(C(=O)O)CN1C(=O)C1CCC(NC(=O)OCC2c3ccccc3-c3ccccc32)C1. The fourth-order valence-corrected chi connectivity index (χ4v) is 5.99. The van der Waals surface area contributed by atoms with Gasteiger partial charge >= 0.3 is 12.1 Å². The lowest BCUT2D eigenvalue weighted by Gasteiger charge is -2.38. The molecule has 3 aliphatic rings. The summed E-state index contributed by atoms with van der Waals surface area (Å²) in [5.41, 5.74) is 4.71. The Labute approximate surface area is 205 Å². The molecule has 35 heavy (non-hydrogen) atoms. The molecule has 4 unspecified atom stereocenters. The lowest BCUT2D eigenvalue weighted by molar-refractivity contribution is -0.148. The van der Waals surface area contributed by atoms with Gasteiger partial charge in [0, 0.05) is 30.5 Å². The van der Waals surface area contributed by atoms with Gasteiger partial charge < -0.3 is 20.1 Å². The minimum Gasteiger partial charge on any atom is -0.481 e. The number of ether oxygens (including phenoxy) is 1. The molecule has 2 fully saturated rings. The predicted molar refractivity (Wildman–Crippen MR) is 131 cm³/mol. The molecule has 184 valence electrons. The van der Waals surface area contributed by atoms with Crippen LogP contribution in [0.3, 0.4) is 0 Å². The van der Waals surface area contributed by atoms with Crippen LogP contribution in [-0.4, -0.2) is 53.2 Å². The van der Waals surface area contributed by atoms with Gasteiger partial charge in [0.05, 0.1) is 5.92 Å². The van der Waals surface area contributed by atoms with Crippen LogP contribution >= 0.6 is 0 Å². The maximum atomic E-state index is 13.1. The third kappa shape index (κ3) is 4.64. The summed E-state index contributed by atoms with van der Waals surface area (Å²) in [6.45, 7) is 2.52. The third-order valence-electron chi connectivity index (χ3n) is 7.96. The highest BCUT2D eigenvalue weighted by atomic mass is 16.5. The molecule has 0 aromatic heterocycles. The molecule has 0 spiro atoms. The van der Waals surface area contributed by atoms with E-state index in [9.17, 15) is 19.5 Å². The van der Waals surface area contributed by atoms with Crippen molar-refractivity contribution in [2.45, 2.75) is 57.0 Å². The molecule has 0 bridgehead atoms. The van der Waals surface area contributed by atoms with Crippen molar-refractivity contribution in [3.63, 3.8) is 0 Å². The molecule has 1 saturated heterocycles. The van der Waals surface area contributed by atoms with Gasteiger partial charge in [0.1, 0.15) is 6.61 Å². The first-order valence-electron chi connectivity index (χ1n) is 12.6. The highest BCUT2D eigenvalue weighted by Gasteiger charge is 2.39. The van der Waals surface area contributed by atoms with Crippen LogP contribution in [0.2, 0.25) is 0 Å². The van der Waals surface area contributed by atoms with E-state index in [1.807, 2.05) is 31.2 Å². The summed E-state index contributed by atoms with van der Waals surface area (Å²) in [4.78, 5) is 38.9. The van der Waals surface area contributed by atoms with Gasteiger partial charge in [0.2, 0.25) is 5.91 Å². The highest BCUT2D eigenvalue weighted by molar-refractivity contribution is 5.81. The van der Waals surface area contributed by atoms with Gasteiger partial charge in [-0.1, -0.05) is 48.5 Å². The number of nitrogens with zero attached hydrogens (tertiary/aromatic N) is 1.